The molecule has 4 rings (SSSR count). The Morgan fingerprint density at radius 2 is 2.00 bits per heavy atom. The van der Waals surface area contributed by atoms with Gasteiger partial charge < -0.3 is 4.90 Å². The van der Waals surface area contributed by atoms with Crippen LogP contribution in [0.4, 0.5) is 5.69 Å². The van der Waals surface area contributed by atoms with Crippen molar-refractivity contribution < 1.29 is 0 Å². The van der Waals surface area contributed by atoms with Crippen LogP contribution >= 0.6 is 11.3 Å². The molecular weight excluding hydrogens is 342 g/mol. The highest BCUT2D eigenvalue weighted by atomic mass is 32.1. The normalized spacial score (nSPS) is 15.3. The molecule has 1 aromatic carbocycles. The zero-order valence-corrected chi connectivity index (χ0v) is 15.7. The number of benzene rings is 1. The minimum Gasteiger partial charge on any atom is -0.367 e. The van der Waals surface area contributed by atoms with Crippen molar-refractivity contribution in [2.24, 2.45) is 0 Å². The molecule has 1 saturated heterocycles. The number of pyridine rings is 1. The molecule has 26 heavy (non-hydrogen) atoms. The maximum atomic E-state index is 9.37. The molecular formula is C20H21N5S. The van der Waals surface area contributed by atoms with Crippen LogP contribution in [-0.4, -0.2) is 41.0 Å². The highest BCUT2D eigenvalue weighted by Crippen LogP contribution is 2.25. The summed E-state index contributed by atoms with van der Waals surface area (Å²) in [7, 11) is 0. The molecule has 0 saturated carbocycles. The van der Waals surface area contributed by atoms with Crippen molar-refractivity contribution in [3.63, 3.8) is 0 Å². The smallest absolute Gasteiger partial charge is 0.163 e. The number of nitriles is 1. The Balaban J connectivity index is 1.43. The molecule has 6 heteroatoms. The minimum absolute atomic E-state index is 0.529. The fraction of sp³-hybridized carbons (Fsp3) is 0.350. The minimum atomic E-state index is 0.529. The van der Waals surface area contributed by atoms with Gasteiger partial charge in [0, 0.05) is 32.4 Å². The Bertz CT molecular complexity index is 917. The van der Waals surface area contributed by atoms with Crippen LogP contribution in [0.1, 0.15) is 23.2 Å². The highest BCUT2D eigenvalue weighted by molar-refractivity contribution is 7.18. The quantitative estimate of drug-likeness (QED) is 0.711. The number of para-hydroxylation sites is 1. The van der Waals surface area contributed by atoms with E-state index in [2.05, 4.69) is 52.0 Å². The third-order valence-electron chi connectivity index (χ3n) is 4.85. The zero-order valence-electron chi connectivity index (χ0n) is 14.9. The average Bonchev–Trinajstić information content (AvgIpc) is 3.10. The molecule has 0 unspecified atom stereocenters. The summed E-state index contributed by atoms with van der Waals surface area (Å²) < 4.78 is 1.25. The summed E-state index contributed by atoms with van der Waals surface area (Å²) >= 11 is 1.78. The Hall–Kier alpha value is -2.49. The summed E-state index contributed by atoms with van der Waals surface area (Å²) in [5, 5.41) is 10.5. The van der Waals surface area contributed by atoms with E-state index < -0.39 is 0 Å². The summed E-state index contributed by atoms with van der Waals surface area (Å²) in [6.07, 6.45) is 2.74. The lowest BCUT2D eigenvalue weighted by Crippen LogP contribution is -2.46. The van der Waals surface area contributed by atoms with Gasteiger partial charge in [-0.15, -0.1) is 11.3 Å². The molecule has 0 spiro atoms. The molecule has 0 bridgehead atoms. The summed E-state index contributed by atoms with van der Waals surface area (Å²) in [5.74, 6) is 0. The first-order valence-corrected chi connectivity index (χ1v) is 9.79. The largest absolute Gasteiger partial charge is 0.367 e. The maximum Gasteiger partial charge on any atom is 0.163 e. The molecule has 0 aliphatic carbocycles. The number of hydrogen-bond donors (Lipinski definition) is 0. The summed E-state index contributed by atoms with van der Waals surface area (Å²) in [4.78, 5) is 13.8. The van der Waals surface area contributed by atoms with E-state index in [-0.39, 0.29) is 0 Å². The number of nitrogens with zero attached hydrogens (tertiary/aromatic N) is 5. The van der Waals surface area contributed by atoms with Crippen LogP contribution in [0.2, 0.25) is 0 Å². The van der Waals surface area contributed by atoms with Crippen LogP contribution in [0.3, 0.4) is 0 Å². The van der Waals surface area contributed by atoms with Crippen LogP contribution in [0, 0.1) is 11.3 Å². The molecule has 0 radical (unpaired) electrons. The van der Waals surface area contributed by atoms with E-state index in [4.69, 9.17) is 4.98 Å². The lowest BCUT2D eigenvalue weighted by Gasteiger charge is -2.36. The number of aryl methyl sites for hydroxylation is 1. The number of thiazole rings is 1. The first kappa shape index (κ1) is 17.0. The van der Waals surface area contributed by atoms with Gasteiger partial charge in [0.1, 0.15) is 11.1 Å². The van der Waals surface area contributed by atoms with Gasteiger partial charge in [-0.1, -0.05) is 19.1 Å². The molecule has 5 nitrogen and oxygen atoms in total. The topological polar surface area (TPSA) is 56.1 Å². The molecule has 2 aromatic heterocycles. The van der Waals surface area contributed by atoms with Gasteiger partial charge in [0.25, 0.3) is 0 Å². The number of fused-ring (bicyclic) bond motifs is 1. The fourth-order valence-electron chi connectivity index (χ4n) is 3.34. The van der Waals surface area contributed by atoms with E-state index >= 15 is 0 Å². The van der Waals surface area contributed by atoms with E-state index in [0.717, 1.165) is 50.3 Å². The molecule has 3 aromatic rings. The van der Waals surface area contributed by atoms with Crippen LogP contribution in [-0.2, 0) is 13.0 Å². The van der Waals surface area contributed by atoms with Crippen molar-refractivity contribution in [2.75, 3.05) is 31.1 Å². The van der Waals surface area contributed by atoms with Crippen LogP contribution < -0.4 is 4.90 Å². The molecule has 0 N–H and O–H groups in total. The number of hydrogen-bond acceptors (Lipinski definition) is 6. The van der Waals surface area contributed by atoms with Gasteiger partial charge in [0.2, 0.25) is 0 Å². The monoisotopic (exact) mass is 363 g/mol. The molecule has 0 amide bonds. The molecule has 0 atom stereocenters. The lowest BCUT2D eigenvalue weighted by molar-refractivity contribution is 0.249. The van der Waals surface area contributed by atoms with E-state index in [0.29, 0.717) is 5.69 Å². The number of aromatic nitrogens is 2. The Labute approximate surface area is 157 Å². The molecule has 1 aliphatic rings. The maximum absolute atomic E-state index is 9.37. The highest BCUT2D eigenvalue weighted by Gasteiger charge is 2.21. The Morgan fingerprint density at radius 1 is 1.19 bits per heavy atom. The third-order valence-corrected chi connectivity index (χ3v) is 5.87. The predicted octanol–water partition coefficient (Wildman–Crippen LogP) is 3.45. The Morgan fingerprint density at radius 3 is 2.73 bits per heavy atom. The third kappa shape index (κ3) is 3.41. The average molecular weight is 363 g/mol. The van der Waals surface area contributed by atoms with Crippen molar-refractivity contribution in [1.29, 1.82) is 5.26 Å². The van der Waals surface area contributed by atoms with Gasteiger partial charge in [-0.05, 0) is 30.2 Å². The SMILES string of the molecule is CCc1cnc(C#N)c(N2CCN(Cc3nc4ccccc4s3)CC2)c1. The van der Waals surface area contributed by atoms with Crippen molar-refractivity contribution in [3.05, 3.63) is 52.8 Å². The second-order valence-electron chi connectivity index (χ2n) is 6.52. The van der Waals surface area contributed by atoms with Crippen molar-refractivity contribution in [2.45, 2.75) is 19.9 Å². The van der Waals surface area contributed by atoms with Crippen molar-refractivity contribution in [3.8, 4) is 6.07 Å². The molecule has 132 valence electrons. The van der Waals surface area contributed by atoms with E-state index in [1.807, 2.05) is 12.3 Å². The van der Waals surface area contributed by atoms with E-state index in [9.17, 15) is 5.26 Å². The molecule has 3 heterocycles. The number of rotatable bonds is 4. The summed E-state index contributed by atoms with van der Waals surface area (Å²) in [6.45, 7) is 6.77. The second-order valence-corrected chi connectivity index (χ2v) is 7.63. The Kier molecular flexibility index (Phi) is 4.83. The lowest BCUT2D eigenvalue weighted by atomic mass is 10.1. The van der Waals surface area contributed by atoms with Crippen molar-refractivity contribution >= 4 is 27.2 Å². The zero-order chi connectivity index (χ0) is 17.9. The van der Waals surface area contributed by atoms with Gasteiger partial charge in [-0.2, -0.15) is 5.26 Å². The van der Waals surface area contributed by atoms with Crippen LogP contribution in [0.15, 0.2) is 36.5 Å². The van der Waals surface area contributed by atoms with Crippen molar-refractivity contribution in [1.82, 2.24) is 14.9 Å². The standard InChI is InChI=1S/C20H21N5S/c1-2-15-11-18(17(12-21)22-13-15)25-9-7-24(8-10-25)14-20-23-16-5-3-4-6-19(16)26-20/h3-6,11,13H,2,7-10,14H2,1H3. The first-order valence-electron chi connectivity index (χ1n) is 8.97. The molecule has 1 aliphatic heterocycles. The number of anilines is 1. The van der Waals surface area contributed by atoms with Gasteiger partial charge in [0.15, 0.2) is 5.69 Å². The van der Waals surface area contributed by atoms with E-state index in [1.165, 1.54) is 15.3 Å². The second kappa shape index (κ2) is 7.40. The predicted molar refractivity (Wildman–Crippen MR) is 105 cm³/mol. The van der Waals surface area contributed by atoms with Gasteiger partial charge in [-0.25, -0.2) is 9.97 Å². The summed E-state index contributed by atoms with van der Waals surface area (Å²) in [5.41, 5.74) is 3.77. The number of piperazine rings is 1. The van der Waals surface area contributed by atoms with Gasteiger partial charge >= 0.3 is 0 Å². The van der Waals surface area contributed by atoms with E-state index in [1.54, 1.807) is 11.3 Å². The fourth-order valence-corrected chi connectivity index (χ4v) is 4.35. The first-order chi connectivity index (χ1) is 12.8. The van der Waals surface area contributed by atoms with Gasteiger partial charge in [-0.3, -0.25) is 4.90 Å². The van der Waals surface area contributed by atoms with Crippen LogP contribution in [0.5, 0.6) is 0 Å². The van der Waals surface area contributed by atoms with Crippen LogP contribution in [0.25, 0.3) is 10.2 Å². The van der Waals surface area contributed by atoms with Gasteiger partial charge in [0.05, 0.1) is 22.4 Å². The molecule has 1 fully saturated rings. The summed E-state index contributed by atoms with van der Waals surface area (Å²) in [6, 6.07) is 12.7.